The van der Waals surface area contributed by atoms with E-state index in [9.17, 15) is 4.79 Å². The second-order valence-corrected chi connectivity index (χ2v) is 6.18. The Morgan fingerprint density at radius 1 is 1.11 bits per heavy atom. The summed E-state index contributed by atoms with van der Waals surface area (Å²) in [7, 11) is 1.64. The van der Waals surface area contributed by atoms with Crippen molar-refractivity contribution in [3.8, 4) is 5.75 Å². The Balaban J connectivity index is 1.65. The molecule has 0 aliphatic rings. The average Bonchev–Trinajstić information content (AvgIpc) is 2.75. The van der Waals surface area contributed by atoms with Crippen LogP contribution in [0, 0.1) is 0 Å². The van der Waals surface area contributed by atoms with Gasteiger partial charge in [-0.2, -0.15) is 0 Å². The number of anilines is 2. The number of amides is 1. The van der Waals surface area contributed by atoms with Gasteiger partial charge in [-0.1, -0.05) is 30.3 Å². The molecule has 0 radical (unpaired) electrons. The summed E-state index contributed by atoms with van der Waals surface area (Å²) in [5, 5.41) is 2.92. The van der Waals surface area contributed by atoms with E-state index < -0.39 is 0 Å². The Kier molecular flexibility index (Phi) is 6.57. The smallest absolute Gasteiger partial charge is 0.270 e. The van der Waals surface area contributed by atoms with Crippen LogP contribution >= 0.6 is 0 Å². The van der Waals surface area contributed by atoms with Crippen molar-refractivity contribution in [1.29, 1.82) is 0 Å². The van der Waals surface area contributed by atoms with Gasteiger partial charge in [0.1, 0.15) is 11.4 Å². The summed E-state index contributed by atoms with van der Waals surface area (Å²) in [6, 6.07) is 19.3. The van der Waals surface area contributed by atoms with Crippen LogP contribution in [0.5, 0.6) is 5.75 Å². The van der Waals surface area contributed by atoms with Gasteiger partial charge in [0, 0.05) is 25.0 Å². The zero-order chi connectivity index (χ0) is 19.8. The maximum Gasteiger partial charge on any atom is 0.270 e. The first kappa shape index (κ1) is 19.4. The SMILES string of the molecule is CCN(c1ccccc1)c1nccc(C(=O)NCCc2cccc(OC)c2)n1. The maximum absolute atomic E-state index is 12.5. The van der Waals surface area contributed by atoms with E-state index in [0.717, 1.165) is 17.0 Å². The van der Waals surface area contributed by atoms with Crippen molar-refractivity contribution in [2.24, 2.45) is 0 Å². The summed E-state index contributed by atoms with van der Waals surface area (Å²) in [5.41, 5.74) is 2.44. The van der Waals surface area contributed by atoms with Crippen molar-refractivity contribution >= 4 is 17.5 Å². The molecule has 0 bridgehead atoms. The number of nitrogens with zero attached hydrogens (tertiary/aromatic N) is 3. The minimum absolute atomic E-state index is 0.212. The fraction of sp³-hybridized carbons (Fsp3) is 0.227. The highest BCUT2D eigenvalue weighted by atomic mass is 16.5. The minimum Gasteiger partial charge on any atom is -0.497 e. The van der Waals surface area contributed by atoms with Gasteiger partial charge < -0.3 is 15.0 Å². The van der Waals surface area contributed by atoms with E-state index >= 15 is 0 Å². The number of benzene rings is 2. The molecule has 0 unspecified atom stereocenters. The highest BCUT2D eigenvalue weighted by molar-refractivity contribution is 5.92. The normalized spacial score (nSPS) is 10.4. The number of carbonyl (C=O) groups is 1. The van der Waals surface area contributed by atoms with Crippen LogP contribution in [0.3, 0.4) is 0 Å². The summed E-state index contributed by atoms with van der Waals surface area (Å²) in [6.45, 7) is 3.24. The number of para-hydroxylation sites is 1. The molecule has 0 fully saturated rings. The van der Waals surface area contributed by atoms with Crippen LogP contribution < -0.4 is 15.0 Å². The van der Waals surface area contributed by atoms with Gasteiger partial charge in [-0.25, -0.2) is 9.97 Å². The van der Waals surface area contributed by atoms with E-state index in [-0.39, 0.29) is 5.91 Å². The van der Waals surface area contributed by atoms with Crippen molar-refractivity contribution in [3.63, 3.8) is 0 Å². The number of hydrogen-bond donors (Lipinski definition) is 1. The Hall–Kier alpha value is -3.41. The number of rotatable bonds is 8. The van der Waals surface area contributed by atoms with Crippen molar-refractivity contribution in [2.45, 2.75) is 13.3 Å². The third kappa shape index (κ3) is 4.85. The second kappa shape index (κ2) is 9.50. The summed E-state index contributed by atoms with van der Waals surface area (Å²) in [5.74, 6) is 1.11. The molecule has 2 aromatic carbocycles. The summed E-state index contributed by atoms with van der Waals surface area (Å²) >= 11 is 0. The third-order valence-corrected chi connectivity index (χ3v) is 4.33. The molecule has 1 amide bonds. The molecule has 144 valence electrons. The third-order valence-electron chi connectivity index (χ3n) is 4.33. The Labute approximate surface area is 165 Å². The van der Waals surface area contributed by atoms with Gasteiger partial charge in [0.25, 0.3) is 5.91 Å². The number of methoxy groups -OCH3 is 1. The van der Waals surface area contributed by atoms with Crippen molar-refractivity contribution < 1.29 is 9.53 Å². The van der Waals surface area contributed by atoms with Gasteiger partial charge in [-0.15, -0.1) is 0 Å². The van der Waals surface area contributed by atoms with Gasteiger partial charge in [0.15, 0.2) is 0 Å². The van der Waals surface area contributed by atoms with Crippen molar-refractivity contribution in [3.05, 3.63) is 78.1 Å². The molecule has 0 aliphatic carbocycles. The lowest BCUT2D eigenvalue weighted by molar-refractivity contribution is 0.0949. The predicted octanol–water partition coefficient (Wildman–Crippen LogP) is 3.62. The lowest BCUT2D eigenvalue weighted by atomic mass is 10.1. The fourth-order valence-electron chi connectivity index (χ4n) is 2.89. The van der Waals surface area contributed by atoms with Crippen LogP contribution in [-0.4, -0.2) is 36.1 Å². The summed E-state index contributed by atoms with van der Waals surface area (Å²) in [4.78, 5) is 23.3. The van der Waals surface area contributed by atoms with E-state index in [1.807, 2.05) is 66.4 Å². The molecule has 0 atom stereocenters. The van der Waals surface area contributed by atoms with Crippen LogP contribution in [0.1, 0.15) is 23.0 Å². The largest absolute Gasteiger partial charge is 0.497 e. The topological polar surface area (TPSA) is 67.4 Å². The molecule has 0 saturated carbocycles. The molecule has 1 heterocycles. The fourth-order valence-corrected chi connectivity index (χ4v) is 2.89. The number of nitrogens with one attached hydrogen (secondary N) is 1. The molecule has 0 spiro atoms. The summed E-state index contributed by atoms with van der Waals surface area (Å²) in [6.07, 6.45) is 2.33. The van der Waals surface area contributed by atoms with Crippen molar-refractivity contribution in [1.82, 2.24) is 15.3 Å². The quantitative estimate of drug-likeness (QED) is 0.650. The molecule has 3 aromatic rings. The van der Waals surface area contributed by atoms with Gasteiger partial charge in [-0.05, 0) is 49.2 Å². The Morgan fingerprint density at radius 3 is 2.68 bits per heavy atom. The number of ether oxygens (including phenoxy) is 1. The molecule has 0 aliphatic heterocycles. The molecule has 0 saturated heterocycles. The van der Waals surface area contributed by atoms with E-state index in [1.165, 1.54) is 0 Å². The van der Waals surface area contributed by atoms with Gasteiger partial charge in [0.05, 0.1) is 7.11 Å². The van der Waals surface area contributed by atoms with Gasteiger partial charge in [-0.3, -0.25) is 4.79 Å². The number of carbonyl (C=O) groups excluding carboxylic acids is 1. The number of aromatic nitrogens is 2. The molecule has 1 N–H and O–H groups in total. The highest BCUT2D eigenvalue weighted by Gasteiger charge is 2.13. The standard InChI is InChI=1S/C22H24N4O2/c1-3-26(18-9-5-4-6-10-18)22-24-15-13-20(25-22)21(27)23-14-12-17-8-7-11-19(16-17)28-2/h4-11,13,15-16H,3,12,14H2,1-2H3,(H,23,27). The zero-order valence-electron chi connectivity index (χ0n) is 16.1. The van der Waals surface area contributed by atoms with Crippen LogP contribution in [0.4, 0.5) is 11.6 Å². The van der Waals surface area contributed by atoms with Crippen molar-refractivity contribution in [2.75, 3.05) is 25.1 Å². The molecule has 3 rings (SSSR count). The van der Waals surface area contributed by atoms with Gasteiger partial charge in [0.2, 0.25) is 5.95 Å². The Morgan fingerprint density at radius 2 is 1.93 bits per heavy atom. The van der Waals surface area contributed by atoms with Crippen LogP contribution in [-0.2, 0) is 6.42 Å². The monoisotopic (exact) mass is 376 g/mol. The highest BCUT2D eigenvalue weighted by Crippen LogP contribution is 2.21. The first-order valence-corrected chi connectivity index (χ1v) is 9.28. The van der Waals surface area contributed by atoms with E-state index in [0.29, 0.717) is 31.2 Å². The second-order valence-electron chi connectivity index (χ2n) is 6.18. The molecular weight excluding hydrogens is 352 g/mol. The Bertz CT molecular complexity index is 915. The minimum atomic E-state index is -0.212. The zero-order valence-corrected chi connectivity index (χ0v) is 16.1. The molecule has 1 aromatic heterocycles. The molecular formula is C22H24N4O2. The summed E-state index contributed by atoms with van der Waals surface area (Å²) < 4.78 is 5.23. The first-order valence-electron chi connectivity index (χ1n) is 9.28. The van der Waals surface area contributed by atoms with Crippen LogP contribution in [0.2, 0.25) is 0 Å². The van der Waals surface area contributed by atoms with Crippen LogP contribution in [0.15, 0.2) is 66.9 Å². The molecule has 6 heteroatoms. The molecule has 28 heavy (non-hydrogen) atoms. The van der Waals surface area contributed by atoms with E-state index in [2.05, 4.69) is 15.3 Å². The van der Waals surface area contributed by atoms with E-state index in [1.54, 1.807) is 19.4 Å². The predicted molar refractivity (Wildman–Crippen MR) is 110 cm³/mol. The maximum atomic E-state index is 12.5. The first-order chi connectivity index (χ1) is 13.7. The average molecular weight is 376 g/mol. The number of hydrogen-bond acceptors (Lipinski definition) is 5. The van der Waals surface area contributed by atoms with E-state index in [4.69, 9.17) is 4.74 Å². The lowest BCUT2D eigenvalue weighted by Gasteiger charge is -2.21. The van der Waals surface area contributed by atoms with Crippen LogP contribution in [0.25, 0.3) is 0 Å². The lowest BCUT2D eigenvalue weighted by Crippen LogP contribution is -2.27. The van der Waals surface area contributed by atoms with Gasteiger partial charge >= 0.3 is 0 Å². The molecule has 6 nitrogen and oxygen atoms in total.